The summed E-state index contributed by atoms with van der Waals surface area (Å²) < 4.78 is 10.8. The molecule has 0 radical (unpaired) electrons. The van der Waals surface area contributed by atoms with E-state index in [1.54, 1.807) is 0 Å². The Morgan fingerprint density at radius 3 is 2.48 bits per heavy atom. The molecule has 0 unspecified atom stereocenters. The van der Waals surface area contributed by atoms with Crippen molar-refractivity contribution in [2.24, 2.45) is 0 Å². The van der Waals surface area contributed by atoms with Gasteiger partial charge >= 0.3 is 0 Å². The molecule has 2 fully saturated rings. The molecular weight excluding hydrogens is 370 g/mol. The Kier molecular flexibility index (Phi) is 4.69. The van der Waals surface area contributed by atoms with Crippen LogP contribution in [0.1, 0.15) is 12.0 Å². The number of fused-ring (bicyclic) bond motifs is 1. The number of carbonyl (C=O) groups excluding carboxylic acids is 2. The maximum atomic E-state index is 12.9. The number of nitrogens with one attached hydrogen (secondary N) is 2. The Morgan fingerprint density at radius 1 is 0.931 bits per heavy atom. The summed E-state index contributed by atoms with van der Waals surface area (Å²) in [6.45, 7) is 4.97. The zero-order chi connectivity index (χ0) is 19.8. The first-order valence-electron chi connectivity index (χ1n) is 10.2. The maximum Gasteiger partial charge on any atom is 0.292 e. The average Bonchev–Trinajstić information content (AvgIpc) is 3.33. The molecular formula is C22H25N3O4+2. The number of anilines is 1. The maximum absolute atomic E-state index is 12.9. The molecule has 7 heteroatoms. The standard InChI is InChI=1S/C22H23N3O4/c26-21-13-18(22(27)25(21)17-4-2-1-3-5-17)24-10-8-23(9-11-24)14-16-6-7-19-20(12-16)29-15-28-19/h1-7,12,18H,8-11,13-15H2/p+2/t18-/m0/s1. The number of nitrogens with zero attached hydrogens (tertiary/aromatic N) is 1. The molecule has 150 valence electrons. The molecule has 1 atom stereocenters. The number of ether oxygens (including phenoxy) is 2. The van der Waals surface area contributed by atoms with E-state index in [0.717, 1.165) is 44.2 Å². The number of carbonyl (C=O) groups is 2. The van der Waals surface area contributed by atoms with Gasteiger partial charge in [0, 0.05) is 5.56 Å². The summed E-state index contributed by atoms with van der Waals surface area (Å²) in [5.41, 5.74) is 1.91. The predicted molar refractivity (Wildman–Crippen MR) is 105 cm³/mol. The molecule has 0 saturated carbocycles. The normalized spacial score (nSPS) is 26.2. The molecule has 0 aliphatic carbocycles. The van der Waals surface area contributed by atoms with Gasteiger partial charge in [0.15, 0.2) is 17.5 Å². The molecule has 3 heterocycles. The lowest BCUT2D eigenvalue weighted by Crippen LogP contribution is -3.29. The first-order valence-corrected chi connectivity index (χ1v) is 10.2. The van der Waals surface area contributed by atoms with Crippen molar-refractivity contribution >= 4 is 17.5 Å². The zero-order valence-corrected chi connectivity index (χ0v) is 16.2. The molecule has 0 bridgehead atoms. The highest BCUT2D eigenvalue weighted by Gasteiger charge is 2.46. The number of amides is 2. The molecule has 0 spiro atoms. The molecule has 3 aliphatic heterocycles. The minimum absolute atomic E-state index is 0.0598. The van der Waals surface area contributed by atoms with E-state index in [2.05, 4.69) is 12.1 Å². The third kappa shape index (κ3) is 3.47. The summed E-state index contributed by atoms with van der Waals surface area (Å²) in [4.78, 5) is 29.5. The van der Waals surface area contributed by atoms with Crippen molar-refractivity contribution in [2.75, 3.05) is 37.9 Å². The average molecular weight is 395 g/mol. The summed E-state index contributed by atoms with van der Waals surface area (Å²) in [5.74, 6) is 1.48. The van der Waals surface area contributed by atoms with Gasteiger partial charge in [-0.05, 0) is 30.3 Å². The second-order valence-electron chi connectivity index (χ2n) is 7.93. The highest BCUT2D eigenvalue weighted by Crippen LogP contribution is 2.32. The number of rotatable bonds is 4. The minimum atomic E-state index is -0.255. The van der Waals surface area contributed by atoms with E-state index in [1.807, 2.05) is 36.4 Å². The molecule has 2 aromatic carbocycles. The number of para-hydroxylation sites is 1. The molecule has 5 rings (SSSR count). The first kappa shape index (κ1) is 18.1. The van der Waals surface area contributed by atoms with Crippen molar-refractivity contribution in [3.63, 3.8) is 0 Å². The lowest BCUT2D eigenvalue weighted by Gasteiger charge is -2.32. The lowest BCUT2D eigenvalue weighted by molar-refractivity contribution is -1.02. The fourth-order valence-corrected chi connectivity index (χ4v) is 4.59. The number of quaternary nitrogens is 2. The number of imide groups is 1. The van der Waals surface area contributed by atoms with Gasteiger partial charge in [0.05, 0.1) is 12.1 Å². The van der Waals surface area contributed by atoms with Gasteiger partial charge < -0.3 is 19.3 Å². The van der Waals surface area contributed by atoms with E-state index >= 15 is 0 Å². The molecule has 7 nitrogen and oxygen atoms in total. The Hall–Kier alpha value is -2.90. The van der Waals surface area contributed by atoms with Crippen LogP contribution >= 0.6 is 0 Å². The van der Waals surface area contributed by atoms with Crippen molar-refractivity contribution in [1.29, 1.82) is 0 Å². The largest absolute Gasteiger partial charge is 0.454 e. The summed E-state index contributed by atoms with van der Waals surface area (Å²) >= 11 is 0. The van der Waals surface area contributed by atoms with Crippen LogP contribution in [0.5, 0.6) is 11.5 Å². The molecule has 2 aromatic rings. The summed E-state index contributed by atoms with van der Waals surface area (Å²) in [7, 11) is 0. The molecule has 3 aliphatic rings. The van der Waals surface area contributed by atoms with E-state index in [4.69, 9.17) is 9.47 Å². The van der Waals surface area contributed by atoms with Gasteiger partial charge in [-0.15, -0.1) is 0 Å². The smallest absolute Gasteiger partial charge is 0.292 e. The molecule has 29 heavy (non-hydrogen) atoms. The first-order chi connectivity index (χ1) is 14.2. The molecule has 0 aromatic heterocycles. The van der Waals surface area contributed by atoms with E-state index in [-0.39, 0.29) is 17.9 Å². The van der Waals surface area contributed by atoms with E-state index in [1.165, 1.54) is 20.3 Å². The fourth-order valence-electron chi connectivity index (χ4n) is 4.59. The van der Waals surface area contributed by atoms with Crippen LogP contribution in [-0.4, -0.2) is 50.8 Å². The summed E-state index contributed by atoms with van der Waals surface area (Å²) in [5, 5.41) is 0. The van der Waals surface area contributed by atoms with Crippen molar-refractivity contribution in [3.8, 4) is 11.5 Å². The van der Waals surface area contributed by atoms with Gasteiger partial charge in [0.2, 0.25) is 12.7 Å². The fraction of sp³-hybridized carbons (Fsp3) is 0.364. The third-order valence-electron chi connectivity index (χ3n) is 6.14. The van der Waals surface area contributed by atoms with E-state index < -0.39 is 0 Å². The van der Waals surface area contributed by atoms with Crippen LogP contribution in [0.2, 0.25) is 0 Å². The Balaban J connectivity index is 1.20. The van der Waals surface area contributed by atoms with Crippen LogP contribution in [-0.2, 0) is 16.1 Å². The van der Waals surface area contributed by atoms with Crippen LogP contribution in [0.15, 0.2) is 48.5 Å². The van der Waals surface area contributed by atoms with Gasteiger partial charge in [0.1, 0.15) is 32.7 Å². The van der Waals surface area contributed by atoms with E-state index in [9.17, 15) is 9.59 Å². The van der Waals surface area contributed by atoms with Gasteiger partial charge in [-0.3, -0.25) is 9.59 Å². The monoisotopic (exact) mass is 395 g/mol. The van der Waals surface area contributed by atoms with Gasteiger partial charge in [-0.1, -0.05) is 18.2 Å². The Bertz CT molecular complexity index is 925. The Labute approximate surface area is 169 Å². The zero-order valence-electron chi connectivity index (χ0n) is 16.2. The van der Waals surface area contributed by atoms with Crippen LogP contribution in [0.25, 0.3) is 0 Å². The Morgan fingerprint density at radius 2 is 1.69 bits per heavy atom. The molecule has 2 saturated heterocycles. The van der Waals surface area contributed by atoms with Crippen LogP contribution in [0.4, 0.5) is 5.69 Å². The van der Waals surface area contributed by atoms with E-state index in [0.29, 0.717) is 18.9 Å². The molecule has 2 N–H and O–H groups in total. The second kappa shape index (κ2) is 7.50. The van der Waals surface area contributed by atoms with Crippen LogP contribution in [0, 0.1) is 0 Å². The van der Waals surface area contributed by atoms with Gasteiger partial charge in [-0.25, -0.2) is 4.90 Å². The number of hydrogen-bond donors (Lipinski definition) is 2. The highest BCUT2D eigenvalue weighted by atomic mass is 16.7. The highest BCUT2D eigenvalue weighted by molar-refractivity contribution is 6.21. The lowest BCUT2D eigenvalue weighted by atomic mass is 10.1. The van der Waals surface area contributed by atoms with Crippen molar-refractivity contribution in [1.82, 2.24) is 0 Å². The minimum Gasteiger partial charge on any atom is -0.454 e. The second-order valence-corrected chi connectivity index (χ2v) is 7.93. The summed E-state index contributed by atoms with van der Waals surface area (Å²) in [6, 6.07) is 15.1. The third-order valence-corrected chi connectivity index (χ3v) is 6.14. The quantitative estimate of drug-likeness (QED) is 0.654. The van der Waals surface area contributed by atoms with Gasteiger partial charge in [-0.2, -0.15) is 0 Å². The molecule has 2 amide bonds. The predicted octanol–water partition coefficient (Wildman–Crippen LogP) is -0.969. The number of benzene rings is 2. The number of piperazine rings is 1. The number of hydrogen-bond acceptors (Lipinski definition) is 4. The topological polar surface area (TPSA) is 64.7 Å². The van der Waals surface area contributed by atoms with Crippen LogP contribution < -0.4 is 24.2 Å². The van der Waals surface area contributed by atoms with Crippen molar-refractivity contribution < 1.29 is 28.9 Å². The van der Waals surface area contributed by atoms with Crippen molar-refractivity contribution in [3.05, 3.63) is 54.1 Å². The van der Waals surface area contributed by atoms with Gasteiger partial charge in [0.25, 0.3) is 5.91 Å². The SMILES string of the molecule is O=C1C[C@H]([NH+]2CC[NH+](Cc3ccc4c(c3)OCO4)CC2)C(=O)N1c1ccccc1. The summed E-state index contributed by atoms with van der Waals surface area (Å²) in [6.07, 6.45) is 0.306. The van der Waals surface area contributed by atoms with Crippen LogP contribution in [0.3, 0.4) is 0 Å². The van der Waals surface area contributed by atoms with Crippen molar-refractivity contribution in [2.45, 2.75) is 19.0 Å².